The zero-order valence-electron chi connectivity index (χ0n) is 10.6. The maximum Gasteiger partial charge on any atom is 0.262 e. The first-order valence-corrected chi connectivity index (χ1v) is 6.76. The van der Waals surface area contributed by atoms with Crippen LogP contribution >= 0.6 is 0 Å². The maximum atomic E-state index is 10.4. The van der Waals surface area contributed by atoms with Gasteiger partial charge in [0.15, 0.2) is 11.5 Å². The SMILES string of the molecule is COc1cc(OS(=O)(=O)[O-])ccc1OS(=O)(=O)[O-].N.N.O. The summed E-state index contributed by atoms with van der Waals surface area (Å²) in [4.78, 5) is 0. The summed E-state index contributed by atoms with van der Waals surface area (Å²) in [5.41, 5.74) is 0. The first-order valence-electron chi connectivity index (χ1n) is 4.09. The zero-order valence-corrected chi connectivity index (χ0v) is 12.3. The fraction of sp³-hybridized carbons (Fsp3) is 0.143. The lowest BCUT2D eigenvalue weighted by Crippen LogP contribution is -2.09. The number of methoxy groups -OCH3 is 1. The first-order chi connectivity index (χ1) is 8.11. The maximum absolute atomic E-state index is 10.4. The van der Waals surface area contributed by atoms with E-state index in [0.29, 0.717) is 0 Å². The van der Waals surface area contributed by atoms with Gasteiger partial charge in [-0.2, -0.15) is 0 Å². The molecular formula is C7H14N2O10S2-2. The lowest BCUT2D eigenvalue weighted by atomic mass is 10.3. The van der Waals surface area contributed by atoms with Gasteiger partial charge in [-0.3, -0.25) is 0 Å². The molecule has 0 aliphatic heterocycles. The molecule has 0 aliphatic rings. The lowest BCUT2D eigenvalue weighted by molar-refractivity contribution is 0.347. The van der Waals surface area contributed by atoms with Gasteiger partial charge in [-0.1, -0.05) is 0 Å². The summed E-state index contributed by atoms with van der Waals surface area (Å²) in [5, 5.41) is 0. The third-order valence-electron chi connectivity index (χ3n) is 1.53. The summed E-state index contributed by atoms with van der Waals surface area (Å²) in [6.45, 7) is 0. The van der Waals surface area contributed by atoms with E-state index in [-0.39, 0.29) is 23.5 Å². The Hall–Kier alpha value is -1.68. The Morgan fingerprint density at radius 1 is 0.905 bits per heavy atom. The monoisotopic (exact) mass is 350 g/mol. The fourth-order valence-corrected chi connectivity index (χ4v) is 1.69. The van der Waals surface area contributed by atoms with Gasteiger partial charge in [-0.15, -0.1) is 0 Å². The van der Waals surface area contributed by atoms with Crippen molar-refractivity contribution in [2.45, 2.75) is 0 Å². The van der Waals surface area contributed by atoms with E-state index < -0.39 is 32.3 Å². The van der Waals surface area contributed by atoms with Crippen molar-refractivity contribution in [2.24, 2.45) is 0 Å². The summed E-state index contributed by atoms with van der Waals surface area (Å²) in [7, 11) is -8.88. The van der Waals surface area contributed by atoms with Crippen molar-refractivity contribution in [3.63, 3.8) is 0 Å². The smallest absolute Gasteiger partial charge is 0.262 e. The minimum Gasteiger partial charge on any atom is -0.716 e. The Morgan fingerprint density at radius 2 is 1.38 bits per heavy atom. The summed E-state index contributed by atoms with van der Waals surface area (Å²) in [5.74, 6) is -1.18. The molecule has 0 aromatic heterocycles. The molecule has 0 radical (unpaired) electrons. The predicted molar refractivity (Wildman–Crippen MR) is 67.3 cm³/mol. The Labute approximate surface area is 121 Å². The third-order valence-corrected chi connectivity index (χ3v) is 2.31. The molecule has 21 heavy (non-hydrogen) atoms. The Balaban J connectivity index is -0.00000108. The number of benzene rings is 1. The summed E-state index contributed by atoms with van der Waals surface area (Å²) in [6.07, 6.45) is 0. The summed E-state index contributed by atoms with van der Waals surface area (Å²) in [6, 6.07) is 2.68. The molecule has 0 atom stereocenters. The minimum absolute atomic E-state index is 0. The molecule has 8 N–H and O–H groups in total. The van der Waals surface area contributed by atoms with Crippen LogP contribution in [0.5, 0.6) is 17.2 Å². The van der Waals surface area contributed by atoms with Gasteiger partial charge in [0.2, 0.25) is 0 Å². The second-order valence-electron chi connectivity index (χ2n) is 2.80. The van der Waals surface area contributed by atoms with E-state index in [9.17, 15) is 25.9 Å². The molecule has 1 aromatic rings. The molecule has 0 saturated carbocycles. The molecule has 0 saturated heterocycles. The molecule has 0 amide bonds. The van der Waals surface area contributed by atoms with Gasteiger partial charge >= 0.3 is 0 Å². The highest BCUT2D eigenvalue weighted by molar-refractivity contribution is 7.81. The molecule has 0 aliphatic carbocycles. The molecule has 126 valence electrons. The average molecular weight is 350 g/mol. The molecule has 0 spiro atoms. The number of ether oxygens (including phenoxy) is 1. The van der Waals surface area contributed by atoms with Gasteiger partial charge < -0.3 is 40.0 Å². The van der Waals surface area contributed by atoms with Gasteiger partial charge in [0.1, 0.15) is 5.75 Å². The second kappa shape index (κ2) is 8.57. The van der Waals surface area contributed by atoms with E-state index in [2.05, 4.69) is 13.1 Å². The third kappa shape index (κ3) is 8.97. The zero-order chi connectivity index (χ0) is 14.0. The highest BCUT2D eigenvalue weighted by atomic mass is 32.3. The van der Waals surface area contributed by atoms with Crippen LogP contribution in [0.4, 0.5) is 0 Å². The van der Waals surface area contributed by atoms with Crippen molar-refractivity contribution in [2.75, 3.05) is 7.11 Å². The standard InChI is InChI=1S/C7H8O9S2.2H3N.H2O/c1-14-7-4-5(15-17(8,9)10)2-3-6(7)16-18(11,12)13;;;/h2-4H,1H3,(H,8,9,10)(H,11,12,13);2*1H3;1H2/p-2. The van der Waals surface area contributed by atoms with Crippen LogP contribution in [0.3, 0.4) is 0 Å². The number of hydrogen-bond acceptors (Lipinski definition) is 11. The van der Waals surface area contributed by atoms with Crippen molar-refractivity contribution >= 4 is 20.8 Å². The molecule has 1 rings (SSSR count). The van der Waals surface area contributed by atoms with E-state index in [1.54, 1.807) is 0 Å². The van der Waals surface area contributed by atoms with Crippen LogP contribution in [-0.4, -0.2) is 38.5 Å². The van der Waals surface area contributed by atoms with Crippen LogP contribution in [0.1, 0.15) is 0 Å². The molecule has 14 heteroatoms. The molecule has 0 bridgehead atoms. The second-order valence-corrected chi connectivity index (χ2v) is 4.76. The van der Waals surface area contributed by atoms with Crippen LogP contribution in [0.15, 0.2) is 18.2 Å². The molecule has 12 nitrogen and oxygen atoms in total. The van der Waals surface area contributed by atoms with E-state index in [1.807, 2.05) is 0 Å². The Kier molecular flexibility index (Phi) is 9.94. The van der Waals surface area contributed by atoms with Gasteiger partial charge in [-0.05, 0) is 12.1 Å². The molecular weight excluding hydrogens is 336 g/mol. The molecule has 0 heterocycles. The van der Waals surface area contributed by atoms with Crippen LogP contribution in [-0.2, 0) is 20.8 Å². The van der Waals surface area contributed by atoms with E-state index in [1.165, 1.54) is 0 Å². The van der Waals surface area contributed by atoms with Crippen molar-refractivity contribution in [1.82, 2.24) is 12.3 Å². The van der Waals surface area contributed by atoms with Crippen LogP contribution in [0.2, 0.25) is 0 Å². The normalized spacial score (nSPS) is 10.2. The van der Waals surface area contributed by atoms with Crippen LogP contribution in [0.25, 0.3) is 0 Å². The Morgan fingerprint density at radius 3 is 1.76 bits per heavy atom. The van der Waals surface area contributed by atoms with E-state index in [4.69, 9.17) is 0 Å². The molecule has 0 unspecified atom stereocenters. The Bertz CT molecular complexity index is 641. The van der Waals surface area contributed by atoms with Gasteiger partial charge in [0.05, 0.1) is 7.11 Å². The highest BCUT2D eigenvalue weighted by Crippen LogP contribution is 2.32. The van der Waals surface area contributed by atoms with Crippen molar-refractivity contribution < 1.29 is 44.5 Å². The van der Waals surface area contributed by atoms with Crippen molar-refractivity contribution in [1.29, 1.82) is 0 Å². The van der Waals surface area contributed by atoms with Crippen molar-refractivity contribution in [3.05, 3.63) is 18.2 Å². The highest BCUT2D eigenvalue weighted by Gasteiger charge is 2.10. The van der Waals surface area contributed by atoms with Gasteiger partial charge in [-0.25, -0.2) is 16.8 Å². The van der Waals surface area contributed by atoms with Gasteiger partial charge in [0, 0.05) is 6.07 Å². The van der Waals surface area contributed by atoms with Gasteiger partial charge in [0.25, 0.3) is 20.8 Å². The molecule has 0 fully saturated rings. The van der Waals surface area contributed by atoms with Crippen molar-refractivity contribution in [3.8, 4) is 17.2 Å². The fourth-order valence-electron chi connectivity index (χ4n) is 0.996. The number of hydrogen-bond donors (Lipinski definition) is 2. The minimum atomic E-state index is -5.01. The van der Waals surface area contributed by atoms with Crippen LogP contribution in [0, 0.1) is 0 Å². The van der Waals surface area contributed by atoms with E-state index >= 15 is 0 Å². The quantitative estimate of drug-likeness (QED) is 0.475. The summed E-state index contributed by atoms with van der Waals surface area (Å²) >= 11 is 0. The topological polar surface area (TPSA) is 244 Å². The number of rotatable bonds is 5. The van der Waals surface area contributed by atoms with Crippen LogP contribution < -0.4 is 25.4 Å². The summed E-state index contributed by atoms with van der Waals surface area (Å²) < 4.78 is 74.7. The average Bonchev–Trinajstić information content (AvgIpc) is 2.16. The van der Waals surface area contributed by atoms with E-state index in [0.717, 1.165) is 25.3 Å². The lowest BCUT2D eigenvalue weighted by Gasteiger charge is -2.14. The first kappa shape index (κ1) is 24.3. The largest absolute Gasteiger partial charge is 0.716 e. The molecule has 1 aromatic carbocycles. The predicted octanol–water partition coefficient (Wildman–Crippen LogP) is -1.13.